The molecule has 306 valence electrons. The summed E-state index contributed by atoms with van der Waals surface area (Å²) in [4.78, 5) is 54.6. The summed E-state index contributed by atoms with van der Waals surface area (Å²) in [6, 6.07) is -1.32. The lowest BCUT2D eigenvalue weighted by Gasteiger charge is -2.49. The van der Waals surface area contributed by atoms with Gasteiger partial charge in [0.15, 0.2) is 18.7 Å². The number of rotatable bonds is 9. The molecule has 3 aliphatic heterocycles. The Morgan fingerprint density at radius 2 is 1.68 bits per heavy atom. The van der Waals surface area contributed by atoms with Crippen molar-refractivity contribution in [1.29, 1.82) is 0 Å². The summed E-state index contributed by atoms with van der Waals surface area (Å²) in [5.74, 6) is -4.70. The number of aliphatic hydroxyl groups is 2. The van der Waals surface area contributed by atoms with Gasteiger partial charge in [-0.3, -0.25) is 19.2 Å². The summed E-state index contributed by atoms with van der Waals surface area (Å²) in [5, 5.41) is 36.3. The number of nitrogens with zero attached hydrogens (tertiary/aromatic N) is 2. The molecular formula is C37H65N3O13. The number of esters is 1. The average molecular weight is 760 g/mol. The zero-order valence-corrected chi connectivity index (χ0v) is 33.6. The number of aliphatic carboxylic acids is 1. The molecule has 3 saturated heterocycles. The van der Waals surface area contributed by atoms with Crippen molar-refractivity contribution in [2.75, 3.05) is 34.8 Å². The summed E-state index contributed by atoms with van der Waals surface area (Å²) >= 11 is 0. The highest BCUT2D eigenvalue weighted by Crippen LogP contribution is 2.40. The first-order valence-electron chi connectivity index (χ1n) is 18.7. The fraction of sp³-hybridized carbons (Fsp3) is 0.892. The molecule has 15 atom stereocenters. The van der Waals surface area contributed by atoms with E-state index in [0.29, 0.717) is 6.42 Å². The van der Waals surface area contributed by atoms with Gasteiger partial charge in [0.2, 0.25) is 11.8 Å². The minimum atomic E-state index is -1.62. The molecular weight excluding hydrogens is 694 g/mol. The Balaban J connectivity index is 2.13. The molecule has 0 aromatic carbocycles. The SMILES string of the molecule is COC1(C)C[C@H](OC2C(C)C(=O)N[C@H](CC(=O)O)CC(=O)N(C)C[C@H](C)C[C@@](C)(O)[C@H](OC3OC(C)C[C@H](N(C)C)[C@H]3O)[C@H]2C)OC(C)[C@@H]1OC(C)=O. The third-order valence-corrected chi connectivity index (χ3v) is 11.1. The van der Waals surface area contributed by atoms with E-state index in [1.165, 1.54) is 18.9 Å². The Kier molecular flexibility index (Phi) is 15.7. The minimum Gasteiger partial charge on any atom is -0.481 e. The molecule has 2 amide bonds. The highest BCUT2D eigenvalue weighted by atomic mass is 16.7. The van der Waals surface area contributed by atoms with E-state index in [-0.39, 0.29) is 49.8 Å². The molecule has 0 spiro atoms. The number of hydrogen-bond acceptors (Lipinski definition) is 13. The first-order chi connectivity index (χ1) is 24.5. The minimum absolute atomic E-state index is 0.0945. The topological polar surface area (TPSA) is 203 Å². The van der Waals surface area contributed by atoms with Gasteiger partial charge in [-0.25, -0.2) is 0 Å². The molecule has 0 radical (unpaired) electrons. The highest BCUT2D eigenvalue weighted by molar-refractivity contribution is 5.82. The zero-order valence-electron chi connectivity index (χ0n) is 33.6. The number of likely N-dealkylation sites (N-methyl/N-ethyl adjacent to an activating group) is 1. The lowest BCUT2D eigenvalue weighted by atomic mass is 9.77. The first-order valence-corrected chi connectivity index (χ1v) is 18.7. The number of carboxylic acids is 1. The van der Waals surface area contributed by atoms with E-state index in [9.17, 15) is 34.5 Å². The summed E-state index contributed by atoms with van der Waals surface area (Å²) in [6.45, 7) is 13.8. The van der Waals surface area contributed by atoms with Gasteiger partial charge in [-0.2, -0.15) is 0 Å². The van der Waals surface area contributed by atoms with E-state index >= 15 is 0 Å². The van der Waals surface area contributed by atoms with Crippen LogP contribution in [0.3, 0.4) is 0 Å². The number of carbonyl (C=O) groups excluding carboxylic acids is 3. The van der Waals surface area contributed by atoms with Crippen LogP contribution in [0.4, 0.5) is 0 Å². The van der Waals surface area contributed by atoms with Gasteiger partial charge >= 0.3 is 11.9 Å². The monoisotopic (exact) mass is 759 g/mol. The molecule has 6 unspecified atom stereocenters. The van der Waals surface area contributed by atoms with Crippen LogP contribution in [0.2, 0.25) is 0 Å². The van der Waals surface area contributed by atoms with Gasteiger partial charge in [0, 0.05) is 58.5 Å². The largest absolute Gasteiger partial charge is 0.481 e. The Hall–Kier alpha value is -2.44. The summed E-state index contributed by atoms with van der Waals surface area (Å²) in [7, 11) is 6.81. The normalized spacial score (nSPS) is 42.5. The molecule has 16 nitrogen and oxygen atoms in total. The number of hydrogen-bond donors (Lipinski definition) is 4. The van der Waals surface area contributed by atoms with E-state index in [1.54, 1.807) is 41.7 Å². The maximum Gasteiger partial charge on any atom is 0.305 e. The molecule has 3 rings (SSSR count). The summed E-state index contributed by atoms with van der Waals surface area (Å²) in [6.07, 6.45) is -7.08. The predicted octanol–water partition coefficient (Wildman–Crippen LogP) is 1.53. The number of aliphatic hydroxyl groups excluding tert-OH is 1. The quantitative estimate of drug-likeness (QED) is 0.247. The van der Waals surface area contributed by atoms with Crippen LogP contribution in [-0.4, -0.2) is 156 Å². The van der Waals surface area contributed by atoms with Crippen LogP contribution < -0.4 is 5.32 Å². The van der Waals surface area contributed by atoms with Crippen LogP contribution in [0.25, 0.3) is 0 Å². The Morgan fingerprint density at radius 1 is 1.04 bits per heavy atom. The van der Waals surface area contributed by atoms with Crippen molar-refractivity contribution in [3.05, 3.63) is 0 Å². The average Bonchev–Trinajstić information content (AvgIpc) is 3.03. The van der Waals surface area contributed by atoms with Crippen molar-refractivity contribution in [2.45, 2.75) is 160 Å². The fourth-order valence-corrected chi connectivity index (χ4v) is 8.35. The van der Waals surface area contributed by atoms with Gasteiger partial charge < -0.3 is 58.9 Å². The van der Waals surface area contributed by atoms with Crippen molar-refractivity contribution in [3.8, 4) is 0 Å². The third-order valence-electron chi connectivity index (χ3n) is 11.1. The van der Waals surface area contributed by atoms with E-state index in [1.807, 2.05) is 32.8 Å². The Morgan fingerprint density at radius 3 is 2.25 bits per heavy atom. The van der Waals surface area contributed by atoms with Crippen LogP contribution in [0.15, 0.2) is 0 Å². The second-order valence-electron chi connectivity index (χ2n) is 16.3. The fourth-order valence-electron chi connectivity index (χ4n) is 8.35. The summed E-state index contributed by atoms with van der Waals surface area (Å²) in [5.41, 5.74) is -2.66. The smallest absolute Gasteiger partial charge is 0.305 e. The molecule has 0 bridgehead atoms. The number of carbonyl (C=O) groups is 4. The maximum atomic E-state index is 14.1. The van der Waals surface area contributed by atoms with Crippen LogP contribution in [0, 0.1) is 17.8 Å². The number of carboxylic acid groups (broad SMARTS) is 1. The first kappa shape index (κ1) is 45.0. The molecule has 0 aromatic rings. The number of nitrogens with one attached hydrogen (secondary N) is 1. The predicted molar refractivity (Wildman–Crippen MR) is 191 cm³/mol. The van der Waals surface area contributed by atoms with Crippen LogP contribution in [-0.2, 0) is 47.6 Å². The van der Waals surface area contributed by atoms with Crippen LogP contribution in [0.1, 0.15) is 87.5 Å². The van der Waals surface area contributed by atoms with Crippen molar-refractivity contribution >= 4 is 23.8 Å². The number of methoxy groups -OCH3 is 1. The molecule has 4 N–H and O–H groups in total. The van der Waals surface area contributed by atoms with Gasteiger partial charge in [0.05, 0.1) is 42.4 Å². The molecule has 3 heterocycles. The van der Waals surface area contributed by atoms with Crippen LogP contribution >= 0.6 is 0 Å². The maximum absolute atomic E-state index is 14.1. The van der Waals surface area contributed by atoms with Crippen molar-refractivity contribution in [1.82, 2.24) is 15.1 Å². The standard InChI is InChI=1S/C37H65N3O13/c1-19-16-36(7,47)32(53-35-30(45)26(39(9)10)13-20(2)49-35)21(3)31(52-29-17-37(8,48-12)33(23(5)50-29)51-24(6)41)22(4)34(46)38-25(15-28(43)44)14-27(42)40(11)18-19/h19-23,25-26,29-33,35,45,47H,13-18H2,1-12H3,(H,38,46)(H,43,44)/t19-,20?,21+,22?,23?,25+,26+,29+,30-,31?,32-,33+,35?,36-,37?/m1/s1. The van der Waals surface area contributed by atoms with Gasteiger partial charge in [0.1, 0.15) is 11.7 Å². The molecule has 3 fully saturated rings. The third kappa shape index (κ3) is 11.5. The van der Waals surface area contributed by atoms with E-state index in [0.717, 1.165) is 0 Å². The van der Waals surface area contributed by atoms with Crippen molar-refractivity contribution in [3.63, 3.8) is 0 Å². The molecule has 53 heavy (non-hydrogen) atoms. The van der Waals surface area contributed by atoms with Gasteiger partial charge in [0.25, 0.3) is 0 Å². The summed E-state index contributed by atoms with van der Waals surface area (Å²) < 4.78 is 37.2. The zero-order chi connectivity index (χ0) is 40.2. The number of ether oxygens (including phenoxy) is 6. The molecule has 0 aliphatic carbocycles. The van der Waals surface area contributed by atoms with Crippen molar-refractivity contribution in [2.24, 2.45) is 17.8 Å². The Bertz CT molecular complexity index is 1270. The lowest BCUT2D eigenvalue weighted by Crippen LogP contribution is -2.61. The second-order valence-corrected chi connectivity index (χ2v) is 16.3. The van der Waals surface area contributed by atoms with Gasteiger partial charge in [-0.15, -0.1) is 0 Å². The number of amides is 2. The lowest BCUT2D eigenvalue weighted by molar-refractivity contribution is -0.318. The van der Waals surface area contributed by atoms with E-state index in [4.69, 9.17) is 28.4 Å². The van der Waals surface area contributed by atoms with Crippen LogP contribution in [0.5, 0.6) is 0 Å². The van der Waals surface area contributed by atoms with Gasteiger partial charge in [-0.1, -0.05) is 20.8 Å². The molecule has 16 heteroatoms. The van der Waals surface area contributed by atoms with E-state index < -0.39 is 96.4 Å². The van der Waals surface area contributed by atoms with Gasteiger partial charge in [-0.05, 0) is 60.5 Å². The molecule has 0 saturated carbocycles. The van der Waals surface area contributed by atoms with Crippen molar-refractivity contribution < 1.29 is 62.9 Å². The molecule has 3 aliphatic rings. The highest BCUT2D eigenvalue weighted by Gasteiger charge is 2.52. The Labute approximate surface area is 314 Å². The van der Waals surface area contributed by atoms with E-state index in [2.05, 4.69) is 5.32 Å². The molecule has 0 aromatic heterocycles. The second kappa shape index (κ2) is 18.5.